The fourth-order valence-electron chi connectivity index (χ4n) is 4.15. The van der Waals surface area contributed by atoms with Crippen LogP contribution in [0, 0.1) is 21.4 Å². The number of nitro benzene ring substituents is 1. The number of nitrogens with zero attached hydrogens (tertiary/aromatic N) is 3. The normalized spacial score (nSPS) is 19.0. The molecule has 0 saturated heterocycles. The molecule has 2 aliphatic rings. The second kappa shape index (κ2) is 7.32. The minimum absolute atomic E-state index is 0.0125. The number of nitriles is 1. The summed E-state index contributed by atoms with van der Waals surface area (Å²) in [5.41, 5.74) is 2.76. The molecule has 2 aromatic carbocycles. The molecule has 7 heteroatoms. The molecule has 0 aromatic heterocycles. The van der Waals surface area contributed by atoms with E-state index in [1.54, 1.807) is 36.4 Å². The number of Topliss-reactive ketones (excluding diaryl/α,β-unsaturated/α-hetero) is 1. The van der Waals surface area contributed by atoms with Crippen LogP contribution in [0.25, 0.3) is 0 Å². The number of carbonyl (C=O) groups excluding carboxylic acids is 2. The number of para-hydroxylation sites is 1. The summed E-state index contributed by atoms with van der Waals surface area (Å²) >= 11 is 0. The molecule has 0 fully saturated rings. The first-order valence-corrected chi connectivity index (χ1v) is 9.34. The van der Waals surface area contributed by atoms with Gasteiger partial charge >= 0.3 is 0 Å². The lowest BCUT2D eigenvalue weighted by Crippen LogP contribution is -2.40. The van der Waals surface area contributed by atoms with Crippen molar-refractivity contribution < 1.29 is 14.5 Å². The van der Waals surface area contributed by atoms with Gasteiger partial charge < -0.3 is 0 Å². The average Bonchev–Trinajstić information content (AvgIpc) is 2.73. The Morgan fingerprint density at radius 1 is 1.07 bits per heavy atom. The lowest BCUT2D eigenvalue weighted by atomic mass is 9.77. The maximum atomic E-state index is 13.1. The smallest absolute Gasteiger partial charge is 0.269 e. The Labute approximate surface area is 167 Å². The van der Waals surface area contributed by atoms with Crippen LogP contribution in [-0.4, -0.2) is 16.6 Å². The van der Waals surface area contributed by atoms with Crippen molar-refractivity contribution in [3.63, 3.8) is 0 Å². The Kier molecular flexibility index (Phi) is 4.69. The van der Waals surface area contributed by atoms with Crippen molar-refractivity contribution in [2.24, 2.45) is 0 Å². The molecule has 0 N–H and O–H groups in total. The number of rotatable bonds is 3. The molecule has 2 aromatic rings. The Balaban J connectivity index is 1.85. The predicted molar refractivity (Wildman–Crippen MR) is 105 cm³/mol. The molecule has 0 radical (unpaired) electrons. The standard InChI is InChI=1S/C22H17N3O4/c23-13-15-4-1-2-5-18(15)24-19-6-3-7-20(26)22(19)17(12-21(24)27)14-8-10-16(11-9-14)25(28)29/h1-2,4-5,8-11,17H,3,6-7,12H2. The van der Waals surface area contributed by atoms with Crippen molar-refractivity contribution in [1.82, 2.24) is 0 Å². The van der Waals surface area contributed by atoms with Gasteiger partial charge in [0.1, 0.15) is 6.07 Å². The number of non-ortho nitro benzene ring substituents is 1. The third kappa shape index (κ3) is 3.19. The van der Waals surface area contributed by atoms with Crippen LogP contribution in [0.2, 0.25) is 0 Å². The maximum Gasteiger partial charge on any atom is 0.269 e. The van der Waals surface area contributed by atoms with Crippen molar-refractivity contribution >= 4 is 23.1 Å². The molecule has 4 rings (SSSR count). The Hall–Kier alpha value is -3.79. The number of hydrogen-bond donors (Lipinski definition) is 0. The summed E-state index contributed by atoms with van der Waals surface area (Å²) in [6, 6.07) is 15.0. The van der Waals surface area contributed by atoms with Crippen LogP contribution in [0.5, 0.6) is 0 Å². The highest BCUT2D eigenvalue weighted by Crippen LogP contribution is 2.44. The number of nitro groups is 1. The van der Waals surface area contributed by atoms with Gasteiger partial charge in [-0.25, -0.2) is 0 Å². The Morgan fingerprint density at radius 2 is 1.79 bits per heavy atom. The Bertz CT molecular complexity index is 1100. The molecule has 0 saturated carbocycles. The van der Waals surface area contributed by atoms with E-state index in [0.717, 1.165) is 0 Å². The number of allylic oxidation sites excluding steroid dienone is 2. The average molecular weight is 387 g/mol. The molecule has 1 aliphatic heterocycles. The van der Waals surface area contributed by atoms with Gasteiger partial charge in [0.15, 0.2) is 5.78 Å². The predicted octanol–water partition coefficient (Wildman–Crippen LogP) is 3.99. The fourth-order valence-corrected chi connectivity index (χ4v) is 4.15. The molecule has 1 amide bonds. The van der Waals surface area contributed by atoms with Crippen molar-refractivity contribution in [3.8, 4) is 6.07 Å². The fraction of sp³-hybridized carbons (Fsp3) is 0.227. The van der Waals surface area contributed by atoms with Crippen molar-refractivity contribution in [2.45, 2.75) is 31.6 Å². The molecular weight excluding hydrogens is 370 g/mol. The summed E-state index contributed by atoms with van der Waals surface area (Å²) < 4.78 is 0. The summed E-state index contributed by atoms with van der Waals surface area (Å²) in [4.78, 5) is 38.0. The first-order chi connectivity index (χ1) is 14.0. The second-order valence-corrected chi connectivity index (χ2v) is 7.10. The van der Waals surface area contributed by atoms with E-state index in [1.807, 2.05) is 0 Å². The zero-order valence-electron chi connectivity index (χ0n) is 15.5. The lowest BCUT2D eigenvalue weighted by molar-refractivity contribution is -0.384. The molecule has 29 heavy (non-hydrogen) atoms. The van der Waals surface area contributed by atoms with Gasteiger partial charge in [-0.2, -0.15) is 5.26 Å². The molecule has 1 atom stereocenters. The largest absolute Gasteiger partial charge is 0.294 e. The summed E-state index contributed by atoms with van der Waals surface area (Å²) in [7, 11) is 0. The van der Waals surface area contributed by atoms with Gasteiger partial charge in [-0.3, -0.25) is 24.6 Å². The van der Waals surface area contributed by atoms with Gasteiger partial charge in [0, 0.05) is 42.2 Å². The summed E-state index contributed by atoms with van der Waals surface area (Å²) in [6.45, 7) is 0. The quantitative estimate of drug-likeness (QED) is 0.585. The van der Waals surface area contributed by atoms with E-state index in [2.05, 4.69) is 6.07 Å². The highest BCUT2D eigenvalue weighted by Gasteiger charge is 2.40. The molecule has 7 nitrogen and oxygen atoms in total. The summed E-state index contributed by atoms with van der Waals surface area (Å²) in [6.07, 6.45) is 1.69. The van der Waals surface area contributed by atoms with Crippen molar-refractivity contribution in [2.75, 3.05) is 4.90 Å². The number of benzene rings is 2. The first-order valence-electron chi connectivity index (χ1n) is 9.34. The molecule has 1 aliphatic carbocycles. The van der Waals surface area contributed by atoms with E-state index in [-0.39, 0.29) is 23.8 Å². The van der Waals surface area contributed by atoms with Gasteiger partial charge in [-0.15, -0.1) is 0 Å². The molecule has 144 valence electrons. The SMILES string of the molecule is N#Cc1ccccc1N1C(=O)CC(c2ccc([N+](=O)[O-])cc2)C2=C1CCCC2=O. The number of hydrogen-bond acceptors (Lipinski definition) is 5. The van der Waals surface area contributed by atoms with Crippen LogP contribution in [0.15, 0.2) is 59.8 Å². The monoisotopic (exact) mass is 387 g/mol. The van der Waals surface area contributed by atoms with Gasteiger partial charge in [0.2, 0.25) is 5.91 Å². The van der Waals surface area contributed by atoms with Crippen LogP contribution in [0.1, 0.15) is 42.7 Å². The maximum absolute atomic E-state index is 13.1. The zero-order chi connectivity index (χ0) is 20.5. The minimum Gasteiger partial charge on any atom is -0.294 e. The van der Waals surface area contributed by atoms with Crippen LogP contribution >= 0.6 is 0 Å². The van der Waals surface area contributed by atoms with Gasteiger partial charge in [0.05, 0.1) is 16.2 Å². The number of ketones is 1. The van der Waals surface area contributed by atoms with E-state index in [1.165, 1.54) is 17.0 Å². The number of anilines is 1. The second-order valence-electron chi connectivity index (χ2n) is 7.10. The Morgan fingerprint density at radius 3 is 2.48 bits per heavy atom. The summed E-state index contributed by atoms with van der Waals surface area (Å²) in [5.74, 6) is -0.636. The highest BCUT2D eigenvalue weighted by atomic mass is 16.6. The zero-order valence-corrected chi connectivity index (χ0v) is 15.5. The van der Waals surface area contributed by atoms with Crippen molar-refractivity contribution in [3.05, 3.63) is 81.0 Å². The van der Waals surface area contributed by atoms with E-state index in [9.17, 15) is 25.0 Å². The number of amides is 1. The molecule has 1 unspecified atom stereocenters. The van der Waals surface area contributed by atoms with Crippen LogP contribution in [-0.2, 0) is 9.59 Å². The van der Waals surface area contributed by atoms with E-state index >= 15 is 0 Å². The van der Waals surface area contributed by atoms with Crippen molar-refractivity contribution in [1.29, 1.82) is 5.26 Å². The topological polar surface area (TPSA) is 104 Å². The molecular formula is C22H17N3O4. The summed E-state index contributed by atoms with van der Waals surface area (Å²) in [5, 5.41) is 20.4. The van der Waals surface area contributed by atoms with Crippen LogP contribution < -0.4 is 4.90 Å². The van der Waals surface area contributed by atoms with Crippen LogP contribution in [0.3, 0.4) is 0 Å². The van der Waals surface area contributed by atoms with Gasteiger partial charge in [0.25, 0.3) is 5.69 Å². The number of carbonyl (C=O) groups is 2. The first kappa shape index (κ1) is 18.6. The lowest BCUT2D eigenvalue weighted by Gasteiger charge is -2.38. The van der Waals surface area contributed by atoms with Gasteiger partial charge in [-0.1, -0.05) is 24.3 Å². The third-order valence-electron chi connectivity index (χ3n) is 5.45. The van der Waals surface area contributed by atoms with E-state index in [4.69, 9.17) is 0 Å². The molecule has 0 spiro atoms. The molecule has 1 heterocycles. The van der Waals surface area contributed by atoms with Gasteiger partial charge in [-0.05, 0) is 30.5 Å². The molecule has 0 bridgehead atoms. The van der Waals surface area contributed by atoms with E-state index < -0.39 is 10.8 Å². The minimum atomic E-state index is -0.479. The highest BCUT2D eigenvalue weighted by molar-refractivity contribution is 6.08. The van der Waals surface area contributed by atoms with E-state index in [0.29, 0.717) is 47.3 Å². The van der Waals surface area contributed by atoms with Crippen LogP contribution in [0.4, 0.5) is 11.4 Å². The third-order valence-corrected chi connectivity index (χ3v) is 5.45.